The first kappa shape index (κ1) is 15.2. The minimum atomic E-state index is -0.416. The fourth-order valence-electron chi connectivity index (χ4n) is 2.27. The summed E-state index contributed by atoms with van der Waals surface area (Å²) in [6.45, 7) is 1.85. The lowest BCUT2D eigenvalue weighted by Crippen LogP contribution is -2.42. The number of alkyl carbamates (subject to hydrolysis) is 1. The quantitative estimate of drug-likeness (QED) is 0.928. The monoisotopic (exact) mass is 292 g/mol. The average Bonchev–Trinajstić information content (AvgIpc) is 2.54. The Kier molecular flexibility index (Phi) is 5.43. The molecule has 1 saturated heterocycles. The number of benzene rings is 1. The molecule has 0 spiro atoms. The molecule has 1 aliphatic rings. The van der Waals surface area contributed by atoms with Crippen LogP contribution in [0.2, 0.25) is 0 Å². The summed E-state index contributed by atoms with van der Waals surface area (Å²) in [7, 11) is 1.34. The largest absolute Gasteiger partial charge is 0.453 e. The topological polar surface area (TPSA) is 67.9 Å². The van der Waals surface area contributed by atoms with E-state index >= 15 is 0 Å². The number of piperidine rings is 1. The average molecular weight is 292 g/mol. The van der Waals surface area contributed by atoms with Gasteiger partial charge in [-0.1, -0.05) is 18.2 Å². The number of nitrogens with zero attached hydrogens (tertiary/aromatic N) is 1. The van der Waals surface area contributed by atoms with Crippen LogP contribution in [0.25, 0.3) is 0 Å². The standard InChI is InChI=1S/C15H20N2O4/c1-20-14(18)16-11-12-7-9-17(10-8-12)15(19)21-13-5-3-2-4-6-13/h2-6,12H,7-11H2,1H3,(H,16,18). The highest BCUT2D eigenvalue weighted by atomic mass is 16.6. The number of ether oxygens (including phenoxy) is 2. The van der Waals surface area contributed by atoms with E-state index in [1.807, 2.05) is 18.2 Å². The van der Waals surface area contributed by atoms with E-state index in [4.69, 9.17) is 4.74 Å². The minimum Gasteiger partial charge on any atom is -0.453 e. The van der Waals surface area contributed by atoms with Gasteiger partial charge in [-0.15, -0.1) is 0 Å². The van der Waals surface area contributed by atoms with E-state index in [-0.39, 0.29) is 6.09 Å². The number of hydrogen-bond acceptors (Lipinski definition) is 4. The number of rotatable bonds is 3. The second-order valence-electron chi connectivity index (χ2n) is 4.98. The third-order valence-electron chi connectivity index (χ3n) is 3.54. The Morgan fingerprint density at radius 2 is 1.90 bits per heavy atom. The second kappa shape index (κ2) is 7.52. The summed E-state index contributed by atoms with van der Waals surface area (Å²) >= 11 is 0. The van der Waals surface area contributed by atoms with Gasteiger partial charge in [-0.3, -0.25) is 0 Å². The highest BCUT2D eigenvalue weighted by Gasteiger charge is 2.24. The highest BCUT2D eigenvalue weighted by Crippen LogP contribution is 2.18. The zero-order chi connectivity index (χ0) is 15.1. The molecule has 2 amide bonds. The molecule has 1 fully saturated rings. The number of para-hydroxylation sites is 1. The molecule has 6 nitrogen and oxygen atoms in total. The molecule has 2 rings (SSSR count). The fraction of sp³-hybridized carbons (Fsp3) is 0.467. The van der Waals surface area contributed by atoms with Crippen molar-refractivity contribution in [2.45, 2.75) is 12.8 Å². The van der Waals surface area contributed by atoms with E-state index in [1.54, 1.807) is 17.0 Å². The predicted molar refractivity (Wildman–Crippen MR) is 77.2 cm³/mol. The molecule has 0 unspecified atom stereocenters. The third-order valence-corrected chi connectivity index (χ3v) is 3.54. The van der Waals surface area contributed by atoms with E-state index in [9.17, 15) is 9.59 Å². The first-order chi connectivity index (χ1) is 10.2. The van der Waals surface area contributed by atoms with E-state index < -0.39 is 6.09 Å². The molecule has 6 heteroatoms. The molecule has 0 aliphatic carbocycles. The first-order valence-corrected chi connectivity index (χ1v) is 7.02. The van der Waals surface area contributed by atoms with Gasteiger partial charge in [-0.25, -0.2) is 9.59 Å². The van der Waals surface area contributed by atoms with Crippen LogP contribution in [0.4, 0.5) is 9.59 Å². The van der Waals surface area contributed by atoms with Crippen molar-refractivity contribution in [2.75, 3.05) is 26.7 Å². The zero-order valence-electron chi connectivity index (χ0n) is 12.1. The van der Waals surface area contributed by atoms with Gasteiger partial charge in [-0.2, -0.15) is 0 Å². The Morgan fingerprint density at radius 3 is 2.52 bits per heavy atom. The van der Waals surface area contributed by atoms with Crippen molar-refractivity contribution in [3.8, 4) is 5.75 Å². The summed E-state index contributed by atoms with van der Waals surface area (Å²) in [4.78, 5) is 24.7. The number of likely N-dealkylation sites (tertiary alicyclic amines) is 1. The van der Waals surface area contributed by atoms with E-state index in [0.29, 0.717) is 31.3 Å². The van der Waals surface area contributed by atoms with E-state index in [0.717, 1.165) is 12.8 Å². The van der Waals surface area contributed by atoms with Crippen LogP contribution < -0.4 is 10.1 Å². The summed E-state index contributed by atoms with van der Waals surface area (Å²) in [6.07, 6.45) is 0.948. The molecule has 1 N–H and O–H groups in total. The summed E-state index contributed by atoms with van der Waals surface area (Å²) in [5.41, 5.74) is 0. The molecule has 21 heavy (non-hydrogen) atoms. The van der Waals surface area contributed by atoms with Crippen LogP contribution in [0.15, 0.2) is 30.3 Å². The van der Waals surface area contributed by atoms with Crippen LogP contribution in [0, 0.1) is 5.92 Å². The van der Waals surface area contributed by atoms with Crippen molar-refractivity contribution in [3.05, 3.63) is 30.3 Å². The van der Waals surface area contributed by atoms with Gasteiger partial charge in [-0.05, 0) is 30.9 Å². The minimum absolute atomic E-state index is 0.319. The molecule has 1 aromatic rings. The number of nitrogens with one attached hydrogen (secondary N) is 1. The van der Waals surface area contributed by atoms with Crippen molar-refractivity contribution in [3.63, 3.8) is 0 Å². The predicted octanol–water partition coefficient (Wildman–Crippen LogP) is 2.25. The molecule has 114 valence electrons. The maximum absolute atomic E-state index is 12.0. The van der Waals surface area contributed by atoms with Crippen LogP contribution in [0.5, 0.6) is 5.75 Å². The van der Waals surface area contributed by atoms with Gasteiger partial charge in [0.25, 0.3) is 0 Å². The van der Waals surface area contributed by atoms with E-state index in [2.05, 4.69) is 10.1 Å². The summed E-state index contributed by atoms with van der Waals surface area (Å²) in [5.74, 6) is 0.918. The van der Waals surface area contributed by atoms with Gasteiger partial charge in [0.1, 0.15) is 5.75 Å². The van der Waals surface area contributed by atoms with Crippen molar-refractivity contribution in [1.82, 2.24) is 10.2 Å². The third kappa shape index (κ3) is 4.66. The maximum atomic E-state index is 12.0. The Hall–Kier alpha value is -2.24. The Labute approximate surface area is 124 Å². The van der Waals surface area contributed by atoms with Crippen LogP contribution in [-0.2, 0) is 4.74 Å². The first-order valence-electron chi connectivity index (χ1n) is 7.02. The number of methoxy groups -OCH3 is 1. The zero-order valence-corrected chi connectivity index (χ0v) is 12.1. The Morgan fingerprint density at radius 1 is 1.24 bits per heavy atom. The van der Waals surface area contributed by atoms with Gasteiger partial charge in [0.2, 0.25) is 0 Å². The number of amides is 2. The van der Waals surface area contributed by atoms with Crippen molar-refractivity contribution in [1.29, 1.82) is 0 Å². The fourth-order valence-corrected chi connectivity index (χ4v) is 2.27. The second-order valence-corrected chi connectivity index (χ2v) is 4.98. The molecule has 0 radical (unpaired) electrons. The summed E-state index contributed by atoms with van der Waals surface area (Å²) < 4.78 is 9.83. The van der Waals surface area contributed by atoms with Crippen LogP contribution in [0.1, 0.15) is 12.8 Å². The molecule has 0 saturated carbocycles. The molecule has 1 aliphatic heterocycles. The molecule has 1 heterocycles. The van der Waals surface area contributed by atoms with Gasteiger partial charge in [0.15, 0.2) is 0 Å². The smallest absolute Gasteiger partial charge is 0.415 e. The Bertz CT molecular complexity index is 470. The molecule has 0 bridgehead atoms. The maximum Gasteiger partial charge on any atom is 0.415 e. The van der Waals surface area contributed by atoms with Gasteiger partial charge in [0, 0.05) is 19.6 Å². The van der Waals surface area contributed by atoms with Crippen LogP contribution >= 0.6 is 0 Å². The summed E-state index contributed by atoms with van der Waals surface area (Å²) in [6, 6.07) is 9.04. The van der Waals surface area contributed by atoms with Crippen LogP contribution in [-0.4, -0.2) is 43.8 Å². The van der Waals surface area contributed by atoms with Crippen LogP contribution in [0.3, 0.4) is 0 Å². The number of carbonyl (C=O) groups is 2. The SMILES string of the molecule is COC(=O)NCC1CCN(C(=O)Oc2ccccc2)CC1. The van der Waals surface area contributed by atoms with Gasteiger partial charge in [0.05, 0.1) is 7.11 Å². The number of carbonyl (C=O) groups excluding carboxylic acids is 2. The lowest BCUT2D eigenvalue weighted by Gasteiger charge is -2.31. The molecular formula is C15H20N2O4. The van der Waals surface area contributed by atoms with Crippen molar-refractivity contribution in [2.24, 2.45) is 5.92 Å². The normalized spacial score (nSPS) is 15.4. The van der Waals surface area contributed by atoms with Gasteiger partial charge < -0.3 is 19.7 Å². The lowest BCUT2D eigenvalue weighted by molar-refractivity contribution is 0.128. The molecule has 0 atom stereocenters. The molecule has 0 aromatic heterocycles. The lowest BCUT2D eigenvalue weighted by atomic mass is 9.97. The van der Waals surface area contributed by atoms with Crippen molar-refractivity contribution >= 4 is 12.2 Å². The summed E-state index contributed by atoms with van der Waals surface area (Å²) in [5, 5.41) is 2.69. The molecule has 1 aromatic carbocycles. The highest BCUT2D eigenvalue weighted by molar-refractivity contribution is 5.70. The van der Waals surface area contributed by atoms with E-state index in [1.165, 1.54) is 7.11 Å². The Balaban J connectivity index is 1.73. The van der Waals surface area contributed by atoms with Crippen molar-refractivity contribution < 1.29 is 19.1 Å². The van der Waals surface area contributed by atoms with Gasteiger partial charge >= 0.3 is 12.2 Å². The number of hydrogen-bond donors (Lipinski definition) is 1. The molecular weight excluding hydrogens is 272 g/mol.